The third-order valence-corrected chi connectivity index (χ3v) is 3.93. The van der Waals surface area contributed by atoms with Crippen molar-refractivity contribution < 1.29 is 4.74 Å². The van der Waals surface area contributed by atoms with E-state index in [0.29, 0.717) is 0 Å². The monoisotopic (exact) mass is 285 g/mol. The molecule has 0 bridgehead atoms. The van der Waals surface area contributed by atoms with Crippen molar-refractivity contribution in [1.29, 1.82) is 0 Å². The van der Waals surface area contributed by atoms with Gasteiger partial charge in [0.15, 0.2) is 0 Å². The summed E-state index contributed by atoms with van der Waals surface area (Å²) in [5.41, 5.74) is 1.35. The van der Waals surface area contributed by atoms with Crippen molar-refractivity contribution in [3.63, 3.8) is 0 Å². The third-order valence-electron chi connectivity index (χ3n) is 3.93. The van der Waals surface area contributed by atoms with Gasteiger partial charge in [0.1, 0.15) is 0 Å². The molecule has 1 N–H and O–H groups in total. The Bertz CT molecular complexity index is 547. The van der Waals surface area contributed by atoms with Gasteiger partial charge in [0.25, 0.3) is 0 Å². The van der Waals surface area contributed by atoms with Gasteiger partial charge in [-0.15, -0.1) is 0 Å². The zero-order chi connectivity index (χ0) is 15.1. The van der Waals surface area contributed by atoms with Gasteiger partial charge < -0.3 is 10.1 Å². The predicted molar refractivity (Wildman–Crippen MR) is 90.7 cm³/mol. The summed E-state index contributed by atoms with van der Waals surface area (Å²) in [6.45, 7) is 8.24. The summed E-state index contributed by atoms with van der Waals surface area (Å²) in [7, 11) is 0. The van der Waals surface area contributed by atoms with E-state index in [-0.39, 0.29) is 12.1 Å². The van der Waals surface area contributed by atoms with Crippen LogP contribution in [-0.4, -0.2) is 19.3 Å². The fourth-order valence-corrected chi connectivity index (χ4v) is 2.93. The second kappa shape index (κ2) is 8.16. The Morgan fingerprint density at radius 3 is 2.48 bits per heavy atom. The van der Waals surface area contributed by atoms with Crippen molar-refractivity contribution >= 4 is 10.8 Å². The second-order valence-electron chi connectivity index (χ2n) is 5.40. The Kier molecular flexibility index (Phi) is 6.21. The fourth-order valence-electron chi connectivity index (χ4n) is 2.93. The van der Waals surface area contributed by atoms with Crippen LogP contribution >= 0.6 is 0 Å². The van der Waals surface area contributed by atoms with Crippen LogP contribution in [0.15, 0.2) is 42.5 Å². The molecular weight excluding hydrogens is 258 g/mol. The van der Waals surface area contributed by atoms with Crippen molar-refractivity contribution in [2.75, 3.05) is 13.2 Å². The van der Waals surface area contributed by atoms with E-state index in [2.05, 4.69) is 68.6 Å². The molecule has 0 aliphatic rings. The molecule has 0 amide bonds. The standard InChI is InChI=1S/C19H27NO/c1-4-14-20-19(18(5-2)21-6-3)17-13-9-11-15-10-7-8-12-16(15)17/h7-13,18-20H,4-6,14H2,1-3H3. The normalized spacial score (nSPS) is 14.2. The van der Waals surface area contributed by atoms with E-state index in [1.54, 1.807) is 0 Å². The third kappa shape index (κ3) is 3.84. The molecule has 21 heavy (non-hydrogen) atoms. The molecule has 2 nitrogen and oxygen atoms in total. The highest BCUT2D eigenvalue weighted by molar-refractivity contribution is 5.86. The van der Waals surface area contributed by atoms with Gasteiger partial charge in [0.05, 0.1) is 12.1 Å². The van der Waals surface area contributed by atoms with Crippen LogP contribution in [0.4, 0.5) is 0 Å². The van der Waals surface area contributed by atoms with Crippen LogP contribution in [0, 0.1) is 0 Å². The molecule has 0 heterocycles. The number of rotatable bonds is 8. The van der Waals surface area contributed by atoms with Gasteiger partial charge >= 0.3 is 0 Å². The molecule has 2 heteroatoms. The summed E-state index contributed by atoms with van der Waals surface area (Å²) in [6.07, 6.45) is 2.36. The maximum Gasteiger partial charge on any atom is 0.0767 e. The van der Waals surface area contributed by atoms with Crippen molar-refractivity contribution in [2.45, 2.75) is 45.8 Å². The lowest BCUT2D eigenvalue weighted by molar-refractivity contribution is 0.0318. The van der Waals surface area contributed by atoms with Gasteiger partial charge in [0.2, 0.25) is 0 Å². The lowest BCUT2D eigenvalue weighted by atomic mass is 9.94. The highest BCUT2D eigenvalue weighted by atomic mass is 16.5. The van der Waals surface area contributed by atoms with E-state index in [0.717, 1.165) is 26.0 Å². The molecule has 2 aromatic carbocycles. The summed E-state index contributed by atoms with van der Waals surface area (Å²) in [4.78, 5) is 0. The molecule has 0 radical (unpaired) electrons. The van der Waals surface area contributed by atoms with Crippen LogP contribution in [0.3, 0.4) is 0 Å². The molecular formula is C19H27NO. The molecule has 0 saturated heterocycles. The number of hydrogen-bond acceptors (Lipinski definition) is 2. The molecule has 2 rings (SSSR count). The number of ether oxygens (including phenoxy) is 1. The minimum atomic E-state index is 0.215. The van der Waals surface area contributed by atoms with E-state index < -0.39 is 0 Å². The maximum atomic E-state index is 5.99. The molecule has 0 aliphatic carbocycles. The number of fused-ring (bicyclic) bond motifs is 1. The Morgan fingerprint density at radius 2 is 1.76 bits per heavy atom. The van der Waals surface area contributed by atoms with Crippen molar-refractivity contribution in [2.24, 2.45) is 0 Å². The molecule has 0 aromatic heterocycles. The maximum absolute atomic E-state index is 5.99. The lowest BCUT2D eigenvalue weighted by Gasteiger charge is -2.28. The van der Waals surface area contributed by atoms with Gasteiger partial charge in [-0.3, -0.25) is 0 Å². The van der Waals surface area contributed by atoms with E-state index in [4.69, 9.17) is 4.74 Å². The largest absolute Gasteiger partial charge is 0.377 e. The zero-order valence-corrected chi connectivity index (χ0v) is 13.4. The first-order valence-corrected chi connectivity index (χ1v) is 8.14. The average molecular weight is 285 g/mol. The van der Waals surface area contributed by atoms with Crippen molar-refractivity contribution in [1.82, 2.24) is 5.32 Å². The first-order valence-electron chi connectivity index (χ1n) is 8.14. The quantitative estimate of drug-likeness (QED) is 0.759. The first kappa shape index (κ1) is 16.0. The van der Waals surface area contributed by atoms with Crippen molar-refractivity contribution in [3.8, 4) is 0 Å². The van der Waals surface area contributed by atoms with Crippen molar-refractivity contribution in [3.05, 3.63) is 48.0 Å². The smallest absolute Gasteiger partial charge is 0.0767 e. The lowest BCUT2D eigenvalue weighted by Crippen LogP contribution is -2.34. The Balaban J connectivity index is 2.42. The molecule has 0 aliphatic heterocycles. The summed E-state index contributed by atoms with van der Waals surface area (Å²) < 4.78 is 5.99. The Morgan fingerprint density at radius 1 is 1.00 bits per heavy atom. The summed E-state index contributed by atoms with van der Waals surface area (Å²) in [6, 6.07) is 15.4. The SMILES string of the molecule is CCCNC(c1cccc2ccccc12)C(CC)OCC. The van der Waals surface area contributed by atoms with Gasteiger partial charge in [0, 0.05) is 6.61 Å². The molecule has 0 fully saturated rings. The minimum Gasteiger partial charge on any atom is -0.377 e. The van der Waals surface area contributed by atoms with Crippen LogP contribution in [0.5, 0.6) is 0 Å². The van der Waals surface area contributed by atoms with E-state index >= 15 is 0 Å². The first-order chi connectivity index (χ1) is 10.3. The summed E-state index contributed by atoms with van der Waals surface area (Å²) >= 11 is 0. The Labute approximate surface area is 128 Å². The van der Waals surface area contributed by atoms with Gasteiger partial charge in [-0.05, 0) is 42.6 Å². The highest BCUT2D eigenvalue weighted by Gasteiger charge is 2.23. The molecule has 2 unspecified atom stereocenters. The fraction of sp³-hybridized carbons (Fsp3) is 0.474. The number of hydrogen-bond donors (Lipinski definition) is 1. The van der Waals surface area contributed by atoms with Crippen LogP contribution < -0.4 is 5.32 Å². The number of benzene rings is 2. The van der Waals surface area contributed by atoms with Crippen LogP contribution in [0.1, 0.15) is 45.2 Å². The minimum absolute atomic E-state index is 0.215. The average Bonchev–Trinajstić information content (AvgIpc) is 2.54. The summed E-state index contributed by atoms with van der Waals surface area (Å²) in [5.74, 6) is 0. The molecule has 114 valence electrons. The zero-order valence-electron chi connectivity index (χ0n) is 13.4. The van der Waals surface area contributed by atoms with Crippen LogP contribution in [0.25, 0.3) is 10.8 Å². The molecule has 2 aromatic rings. The van der Waals surface area contributed by atoms with E-state index in [1.807, 2.05) is 0 Å². The van der Waals surface area contributed by atoms with Crippen LogP contribution in [-0.2, 0) is 4.74 Å². The Hall–Kier alpha value is -1.38. The number of nitrogens with one attached hydrogen (secondary N) is 1. The van der Waals surface area contributed by atoms with E-state index in [9.17, 15) is 0 Å². The molecule has 0 saturated carbocycles. The molecule has 2 atom stereocenters. The molecule has 0 spiro atoms. The van der Waals surface area contributed by atoms with Crippen LogP contribution in [0.2, 0.25) is 0 Å². The van der Waals surface area contributed by atoms with E-state index in [1.165, 1.54) is 16.3 Å². The summed E-state index contributed by atoms with van der Waals surface area (Å²) in [5, 5.41) is 6.31. The van der Waals surface area contributed by atoms with Gasteiger partial charge in [-0.25, -0.2) is 0 Å². The topological polar surface area (TPSA) is 21.3 Å². The van der Waals surface area contributed by atoms with Gasteiger partial charge in [-0.1, -0.05) is 56.3 Å². The second-order valence-corrected chi connectivity index (χ2v) is 5.40. The predicted octanol–water partition coefficient (Wildman–Crippen LogP) is 4.70. The van der Waals surface area contributed by atoms with Gasteiger partial charge in [-0.2, -0.15) is 0 Å². The highest BCUT2D eigenvalue weighted by Crippen LogP contribution is 2.28.